The van der Waals surface area contributed by atoms with Gasteiger partial charge in [-0.15, -0.1) is 0 Å². The summed E-state index contributed by atoms with van der Waals surface area (Å²) < 4.78 is 0. The predicted octanol–water partition coefficient (Wildman–Crippen LogP) is 2.73. The second kappa shape index (κ2) is 6.61. The van der Waals surface area contributed by atoms with Crippen LogP contribution in [0.15, 0.2) is 54.6 Å². The normalized spacial score (nSPS) is 10.1. The Morgan fingerprint density at radius 3 is 2.40 bits per heavy atom. The van der Waals surface area contributed by atoms with Gasteiger partial charge in [-0.1, -0.05) is 30.3 Å². The minimum Gasteiger partial charge on any atom is -0.397 e. The van der Waals surface area contributed by atoms with Crippen LogP contribution >= 0.6 is 0 Å². The third-order valence-electron chi connectivity index (χ3n) is 3.07. The third kappa shape index (κ3) is 3.51. The molecule has 0 aliphatic rings. The molecule has 2 rings (SSSR count). The SMILES string of the molecule is CCN(CC(=O)Nc1ccccc1N)c1ccccc1. The lowest BCUT2D eigenvalue weighted by Crippen LogP contribution is -2.33. The van der Waals surface area contributed by atoms with Crippen LogP contribution in [-0.4, -0.2) is 19.0 Å². The Morgan fingerprint density at radius 1 is 1.10 bits per heavy atom. The summed E-state index contributed by atoms with van der Waals surface area (Å²) in [5.74, 6) is -0.0754. The number of hydrogen-bond donors (Lipinski definition) is 2. The van der Waals surface area contributed by atoms with Crippen LogP contribution in [0.25, 0.3) is 0 Å². The standard InChI is InChI=1S/C16H19N3O/c1-2-19(13-8-4-3-5-9-13)12-16(20)18-15-11-7-6-10-14(15)17/h3-11H,2,12,17H2,1H3,(H,18,20). The fourth-order valence-electron chi connectivity index (χ4n) is 2.00. The van der Waals surface area contributed by atoms with Gasteiger partial charge < -0.3 is 16.0 Å². The fourth-order valence-corrected chi connectivity index (χ4v) is 2.00. The second-order valence-corrected chi connectivity index (χ2v) is 4.49. The van der Waals surface area contributed by atoms with E-state index in [1.54, 1.807) is 12.1 Å². The van der Waals surface area contributed by atoms with Gasteiger partial charge in [0.25, 0.3) is 0 Å². The zero-order valence-corrected chi connectivity index (χ0v) is 11.5. The van der Waals surface area contributed by atoms with E-state index in [0.717, 1.165) is 12.2 Å². The van der Waals surface area contributed by atoms with Crippen molar-refractivity contribution in [1.29, 1.82) is 0 Å². The van der Waals surface area contributed by atoms with Crippen LogP contribution in [0.3, 0.4) is 0 Å². The molecule has 0 fully saturated rings. The maximum Gasteiger partial charge on any atom is 0.243 e. The topological polar surface area (TPSA) is 58.4 Å². The van der Waals surface area contributed by atoms with Gasteiger partial charge in [0.2, 0.25) is 5.91 Å². The largest absolute Gasteiger partial charge is 0.397 e. The van der Waals surface area contributed by atoms with Gasteiger partial charge in [0, 0.05) is 12.2 Å². The van der Waals surface area contributed by atoms with E-state index in [0.29, 0.717) is 17.9 Å². The van der Waals surface area contributed by atoms with Crippen LogP contribution in [0.4, 0.5) is 17.1 Å². The number of para-hydroxylation sites is 3. The van der Waals surface area contributed by atoms with Gasteiger partial charge in [0.1, 0.15) is 0 Å². The smallest absolute Gasteiger partial charge is 0.243 e. The molecule has 0 aliphatic heterocycles. The first-order valence-corrected chi connectivity index (χ1v) is 6.65. The minimum atomic E-state index is -0.0754. The number of carbonyl (C=O) groups is 1. The fraction of sp³-hybridized carbons (Fsp3) is 0.188. The summed E-state index contributed by atoms with van der Waals surface area (Å²) in [6.07, 6.45) is 0. The predicted molar refractivity (Wildman–Crippen MR) is 83.8 cm³/mol. The van der Waals surface area contributed by atoms with Gasteiger partial charge in [-0.3, -0.25) is 4.79 Å². The first-order chi connectivity index (χ1) is 9.70. The van der Waals surface area contributed by atoms with Gasteiger partial charge >= 0.3 is 0 Å². The molecule has 0 radical (unpaired) electrons. The molecule has 0 unspecified atom stereocenters. The summed E-state index contributed by atoms with van der Waals surface area (Å²) >= 11 is 0. The lowest BCUT2D eigenvalue weighted by Gasteiger charge is -2.22. The van der Waals surface area contributed by atoms with Gasteiger partial charge in [0.15, 0.2) is 0 Å². The van der Waals surface area contributed by atoms with E-state index in [1.807, 2.05) is 54.3 Å². The number of likely N-dealkylation sites (N-methyl/N-ethyl adjacent to an activating group) is 1. The molecule has 3 N–H and O–H groups in total. The van der Waals surface area contributed by atoms with Crippen molar-refractivity contribution in [3.8, 4) is 0 Å². The molecule has 0 heterocycles. The lowest BCUT2D eigenvalue weighted by atomic mass is 10.2. The summed E-state index contributed by atoms with van der Waals surface area (Å²) in [7, 11) is 0. The van der Waals surface area contributed by atoms with Crippen molar-refractivity contribution in [3.63, 3.8) is 0 Å². The molecule has 0 atom stereocenters. The maximum atomic E-state index is 12.1. The van der Waals surface area contributed by atoms with Crippen molar-refractivity contribution in [3.05, 3.63) is 54.6 Å². The highest BCUT2D eigenvalue weighted by atomic mass is 16.2. The summed E-state index contributed by atoms with van der Waals surface area (Å²) in [6, 6.07) is 17.1. The number of benzene rings is 2. The van der Waals surface area contributed by atoms with Gasteiger partial charge in [-0.2, -0.15) is 0 Å². The molecule has 2 aromatic rings. The summed E-state index contributed by atoms with van der Waals surface area (Å²) in [5.41, 5.74) is 8.08. The summed E-state index contributed by atoms with van der Waals surface area (Å²) in [5, 5.41) is 2.84. The van der Waals surface area contributed by atoms with E-state index in [4.69, 9.17) is 5.73 Å². The number of carbonyl (C=O) groups excluding carboxylic acids is 1. The molecule has 104 valence electrons. The molecule has 0 spiro atoms. The maximum absolute atomic E-state index is 12.1. The number of hydrogen-bond acceptors (Lipinski definition) is 3. The van der Waals surface area contributed by atoms with Gasteiger partial charge in [-0.05, 0) is 31.2 Å². The van der Waals surface area contributed by atoms with E-state index < -0.39 is 0 Å². The van der Waals surface area contributed by atoms with Crippen LogP contribution in [0.2, 0.25) is 0 Å². The monoisotopic (exact) mass is 269 g/mol. The molecule has 0 aromatic heterocycles. The molecular weight excluding hydrogens is 250 g/mol. The van der Waals surface area contributed by atoms with Crippen LogP contribution in [-0.2, 0) is 4.79 Å². The highest BCUT2D eigenvalue weighted by Crippen LogP contribution is 2.17. The highest BCUT2D eigenvalue weighted by molar-refractivity contribution is 5.96. The van der Waals surface area contributed by atoms with Crippen LogP contribution < -0.4 is 16.0 Å². The van der Waals surface area contributed by atoms with Crippen molar-refractivity contribution in [2.45, 2.75) is 6.92 Å². The van der Waals surface area contributed by atoms with Crippen molar-refractivity contribution in [2.24, 2.45) is 0 Å². The Morgan fingerprint density at radius 2 is 1.75 bits per heavy atom. The Hall–Kier alpha value is -2.49. The molecule has 1 amide bonds. The van der Waals surface area contributed by atoms with Crippen molar-refractivity contribution < 1.29 is 4.79 Å². The Labute approximate surface area is 119 Å². The Kier molecular flexibility index (Phi) is 4.60. The Bertz CT molecular complexity index is 569. The number of amides is 1. The lowest BCUT2D eigenvalue weighted by molar-refractivity contribution is -0.115. The Balaban J connectivity index is 2.02. The van der Waals surface area contributed by atoms with Crippen LogP contribution in [0.1, 0.15) is 6.92 Å². The summed E-state index contributed by atoms with van der Waals surface area (Å²) in [4.78, 5) is 14.1. The van der Waals surface area contributed by atoms with Crippen LogP contribution in [0.5, 0.6) is 0 Å². The van der Waals surface area contributed by atoms with E-state index in [2.05, 4.69) is 5.32 Å². The van der Waals surface area contributed by atoms with Gasteiger partial charge in [-0.25, -0.2) is 0 Å². The summed E-state index contributed by atoms with van der Waals surface area (Å²) in [6.45, 7) is 3.09. The number of nitrogen functional groups attached to an aromatic ring is 1. The van der Waals surface area contributed by atoms with E-state index >= 15 is 0 Å². The molecule has 0 saturated carbocycles. The van der Waals surface area contributed by atoms with Crippen molar-refractivity contribution >= 4 is 23.0 Å². The number of nitrogens with one attached hydrogen (secondary N) is 1. The van der Waals surface area contributed by atoms with Crippen LogP contribution in [0, 0.1) is 0 Å². The number of nitrogens with two attached hydrogens (primary N) is 1. The quantitative estimate of drug-likeness (QED) is 0.821. The molecular formula is C16H19N3O. The first kappa shape index (κ1) is 13.9. The number of nitrogens with zero attached hydrogens (tertiary/aromatic N) is 1. The third-order valence-corrected chi connectivity index (χ3v) is 3.07. The van der Waals surface area contributed by atoms with Crippen molar-refractivity contribution in [1.82, 2.24) is 0 Å². The average Bonchev–Trinajstić information content (AvgIpc) is 2.48. The van der Waals surface area contributed by atoms with E-state index in [-0.39, 0.29) is 5.91 Å². The molecule has 4 nitrogen and oxygen atoms in total. The molecule has 2 aromatic carbocycles. The average molecular weight is 269 g/mol. The second-order valence-electron chi connectivity index (χ2n) is 4.49. The number of rotatable bonds is 5. The van der Waals surface area contributed by atoms with Gasteiger partial charge in [0.05, 0.1) is 17.9 Å². The highest BCUT2D eigenvalue weighted by Gasteiger charge is 2.10. The van der Waals surface area contributed by atoms with E-state index in [1.165, 1.54) is 0 Å². The minimum absolute atomic E-state index is 0.0754. The molecule has 20 heavy (non-hydrogen) atoms. The molecule has 0 aliphatic carbocycles. The zero-order chi connectivity index (χ0) is 14.4. The number of anilines is 3. The zero-order valence-electron chi connectivity index (χ0n) is 11.5. The first-order valence-electron chi connectivity index (χ1n) is 6.65. The molecule has 0 saturated heterocycles. The van der Waals surface area contributed by atoms with E-state index in [9.17, 15) is 4.79 Å². The molecule has 4 heteroatoms. The molecule has 0 bridgehead atoms. The van der Waals surface area contributed by atoms with Crippen molar-refractivity contribution in [2.75, 3.05) is 29.0 Å².